The Hall–Kier alpha value is -0.0800. The zero-order valence-corrected chi connectivity index (χ0v) is 13.2. The average molecular weight is 267 g/mol. The van der Waals surface area contributed by atoms with E-state index in [2.05, 4.69) is 19.2 Å². The minimum absolute atomic E-state index is 0.135. The van der Waals surface area contributed by atoms with Crippen LogP contribution in [0.25, 0.3) is 0 Å². The predicted molar refractivity (Wildman–Crippen MR) is 81.4 cm³/mol. The van der Waals surface area contributed by atoms with Gasteiger partial charge in [-0.15, -0.1) is 0 Å². The molecule has 0 amide bonds. The molecule has 3 unspecified atom stereocenters. The summed E-state index contributed by atoms with van der Waals surface area (Å²) >= 11 is 0. The predicted octanol–water partition coefficient (Wildman–Crippen LogP) is 4.14. The number of nitrogens with one attached hydrogen (secondary N) is 1. The van der Waals surface area contributed by atoms with Gasteiger partial charge >= 0.3 is 0 Å². The summed E-state index contributed by atoms with van der Waals surface area (Å²) in [6.45, 7) is 5.67. The molecule has 0 aromatic heterocycles. The Morgan fingerprint density at radius 3 is 2.47 bits per heavy atom. The Balaban J connectivity index is 2.09. The van der Waals surface area contributed by atoms with E-state index in [0.29, 0.717) is 6.04 Å². The van der Waals surface area contributed by atoms with Gasteiger partial charge in [0.2, 0.25) is 0 Å². The molecule has 2 saturated carbocycles. The molecule has 0 aromatic rings. The summed E-state index contributed by atoms with van der Waals surface area (Å²) in [5, 5.41) is 3.81. The fourth-order valence-electron chi connectivity index (χ4n) is 4.62. The van der Waals surface area contributed by atoms with Crippen LogP contribution >= 0.6 is 0 Å². The Bertz CT molecular complexity index is 260. The van der Waals surface area contributed by atoms with Crippen LogP contribution in [0.15, 0.2) is 0 Å². The van der Waals surface area contributed by atoms with Gasteiger partial charge in [0, 0.05) is 13.2 Å². The molecule has 2 aliphatic rings. The first-order chi connectivity index (χ1) is 9.25. The largest absolute Gasteiger partial charge is 0.377 e. The lowest BCUT2D eigenvalue weighted by atomic mass is 9.71. The van der Waals surface area contributed by atoms with Gasteiger partial charge in [0.1, 0.15) is 0 Å². The molecule has 0 heterocycles. The van der Waals surface area contributed by atoms with Gasteiger partial charge in [-0.1, -0.05) is 46.0 Å². The number of likely N-dealkylation sites (N-methyl/N-ethyl adjacent to an activating group) is 1. The van der Waals surface area contributed by atoms with E-state index in [-0.39, 0.29) is 5.60 Å². The summed E-state index contributed by atoms with van der Waals surface area (Å²) in [7, 11) is 1.94. The van der Waals surface area contributed by atoms with Crippen LogP contribution in [0.5, 0.6) is 0 Å². The highest BCUT2D eigenvalue weighted by Crippen LogP contribution is 2.43. The first kappa shape index (κ1) is 15.3. The van der Waals surface area contributed by atoms with Gasteiger partial charge in [0.25, 0.3) is 0 Å². The summed E-state index contributed by atoms with van der Waals surface area (Å²) in [5.74, 6) is 1.78. The number of rotatable bonds is 6. The van der Waals surface area contributed by atoms with E-state index in [9.17, 15) is 0 Å². The molecule has 2 aliphatic carbocycles. The Morgan fingerprint density at radius 2 is 1.89 bits per heavy atom. The maximum atomic E-state index is 6.07. The van der Waals surface area contributed by atoms with Crippen molar-refractivity contribution in [3.63, 3.8) is 0 Å². The molecule has 2 fully saturated rings. The zero-order valence-electron chi connectivity index (χ0n) is 13.2. The van der Waals surface area contributed by atoms with Gasteiger partial charge in [-0.2, -0.15) is 0 Å². The van der Waals surface area contributed by atoms with Gasteiger partial charge in [0.15, 0.2) is 0 Å². The van der Waals surface area contributed by atoms with E-state index in [0.717, 1.165) is 18.4 Å². The molecule has 0 saturated heterocycles. The minimum Gasteiger partial charge on any atom is -0.377 e. The van der Waals surface area contributed by atoms with E-state index in [1.54, 1.807) is 0 Å². The number of hydrogen-bond donors (Lipinski definition) is 1. The monoisotopic (exact) mass is 267 g/mol. The topological polar surface area (TPSA) is 21.3 Å². The molecule has 19 heavy (non-hydrogen) atoms. The molecule has 2 heteroatoms. The third-order valence-corrected chi connectivity index (χ3v) is 5.72. The third-order valence-electron chi connectivity index (χ3n) is 5.72. The van der Waals surface area contributed by atoms with Crippen LogP contribution in [-0.4, -0.2) is 25.3 Å². The van der Waals surface area contributed by atoms with Gasteiger partial charge in [-0.05, 0) is 44.1 Å². The Morgan fingerprint density at radius 1 is 1.16 bits per heavy atom. The SMILES string of the molecule is CCNC(C1CCCC(CC)C1)C1(OC)CCCC1. The lowest BCUT2D eigenvalue weighted by Gasteiger charge is -2.44. The zero-order chi connectivity index (χ0) is 13.7. The van der Waals surface area contributed by atoms with E-state index in [4.69, 9.17) is 4.74 Å². The van der Waals surface area contributed by atoms with Crippen molar-refractivity contribution in [2.75, 3.05) is 13.7 Å². The van der Waals surface area contributed by atoms with Crippen LogP contribution in [0.2, 0.25) is 0 Å². The lowest BCUT2D eigenvalue weighted by molar-refractivity contribution is -0.0587. The summed E-state index contributed by atoms with van der Waals surface area (Å²) < 4.78 is 6.07. The van der Waals surface area contributed by atoms with Gasteiger partial charge in [-0.3, -0.25) is 0 Å². The molecule has 112 valence electrons. The number of hydrogen-bond acceptors (Lipinski definition) is 2. The molecule has 0 bridgehead atoms. The Labute approximate surface area is 119 Å². The molecule has 0 aliphatic heterocycles. The van der Waals surface area contributed by atoms with Crippen LogP contribution in [-0.2, 0) is 4.74 Å². The first-order valence-electron chi connectivity index (χ1n) is 8.54. The third kappa shape index (κ3) is 3.33. The average Bonchev–Trinajstić information content (AvgIpc) is 2.94. The van der Waals surface area contributed by atoms with Crippen molar-refractivity contribution in [3.8, 4) is 0 Å². The first-order valence-corrected chi connectivity index (χ1v) is 8.54. The summed E-state index contributed by atoms with van der Waals surface area (Å²) in [4.78, 5) is 0. The van der Waals surface area contributed by atoms with Crippen LogP contribution in [0.4, 0.5) is 0 Å². The van der Waals surface area contributed by atoms with Crippen molar-refractivity contribution in [1.82, 2.24) is 5.32 Å². The molecule has 3 atom stereocenters. The maximum absolute atomic E-state index is 6.07. The lowest BCUT2D eigenvalue weighted by Crippen LogP contribution is -2.55. The van der Waals surface area contributed by atoms with Crippen LogP contribution in [0, 0.1) is 11.8 Å². The van der Waals surface area contributed by atoms with Crippen LogP contribution < -0.4 is 5.32 Å². The van der Waals surface area contributed by atoms with Crippen LogP contribution in [0.1, 0.15) is 71.6 Å². The summed E-state index contributed by atoms with van der Waals surface area (Å²) in [6.07, 6.45) is 12.3. The molecule has 2 rings (SSSR count). The maximum Gasteiger partial charge on any atom is 0.0833 e. The Kier molecular flexibility index (Phi) is 5.70. The highest BCUT2D eigenvalue weighted by Gasteiger charge is 2.45. The second-order valence-corrected chi connectivity index (χ2v) is 6.71. The second kappa shape index (κ2) is 7.08. The van der Waals surface area contributed by atoms with E-state index >= 15 is 0 Å². The fourth-order valence-corrected chi connectivity index (χ4v) is 4.62. The number of methoxy groups -OCH3 is 1. The van der Waals surface area contributed by atoms with Crippen molar-refractivity contribution in [2.45, 2.75) is 83.3 Å². The highest BCUT2D eigenvalue weighted by atomic mass is 16.5. The molecular weight excluding hydrogens is 234 g/mol. The van der Waals surface area contributed by atoms with Gasteiger partial charge < -0.3 is 10.1 Å². The van der Waals surface area contributed by atoms with E-state index < -0.39 is 0 Å². The molecule has 0 spiro atoms. The number of ether oxygens (including phenoxy) is 1. The smallest absolute Gasteiger partial charge is 0.0833 e. The van der Waals surface area contributed by atoms with Gasteiger partial charge in [0.05, 0.1) is 5.60 Å². The fraction of sp³-hybridized carbons (Fsp3) is 1.00. The quantitative estimate of drug-likeness (QED) is 0.781. The molecule has 0 aromatic carbocycles. The minimum atomic E-state index is 0.135. The van der Waals surface area contributed by atoms with Crippen LogP contribution in [0.3, 0.4) is 0 Å². The van der Waals surface area contributed by atoms with Gasteiger partial charge in [-0.25, -0.2) is 0 Å². The normalized spacial score (nSPS) is 32.4. The standard InChI is InChI=1S/C17H33NO/c1-4-14-9-8-10-15(13-14)16(18-5-2)17(19-3)11-6-7-12-17/h14-16,18H,4-13H2,1-3H3. The molecule has 1 N–H and O–H groups in total. The molecular formula is C17H33NO. The van der Waals surface area contributed by atoms with Crippen molar-refractivity contribution < 1.29 is 4.74 Å². The van der Waals surface area contributed by atoms with Crippen molar-refractivity contribution in [2.24, 2.45) is 11.8 Å². The summed E-state index contributed by atoms with van der Waals surface area (Å²) in [5.41, 5.74) is 0.135. The molecule has 2 nitrogen and oxygen atoms in total. The van der Waals surface area contributed by atoms with Crippen molar-refractivity contribution >= 4 is 0 Å². The van der Waals surface area contributed by atoms with Crippen molar-refractivity contribution in [1.29, 1.82) is 0 Å². The van der Waals surface area contributed by atoms with Crippen molar-refractivity contribution in [3.05, 3.63) is 0 Å². The molecule has 0 radical (unpaired) electrons. The highest BCUT2D eigenvalue weighted by molar-refractivity contribution is 5.00. The summed E-state index contributed by atoms with van der Waals surface area (Å²) in [6, 6.07) is 0.583. The van der Waals surface area contributed by atoms with E-state index in [1.807, 2.05) is 7.11 Å². The van der Waals surface area contributed by atoms with E-state index in [1.165, 1.54) is 57.8 Å². The second-order valence-electron chi connectivity index (χ2n) is 6.71.